The Morgan fingerprint density at radius 3 is 2.11 bits per heavy atom. The molecule has 180 valence electrons. The molecule has 2 atom stereocenters. The molecule has 0 fully saturated rings. The number of amides is 2. The van der Waals surface area contributed by atoms with Gasteiger partial charge in [0.25, 0.3) is 5.91 Å². The van der Waals surface area contributed by atoms with Crippen molar-refractivity contribution in [1.29, 1.82) is 0 Å². The highest BCUT2D eigenvalue weighted by molar-refractivity contribution is 6.07. The molecule has 0 unspecified atom stereocenters. The third-order valence-corrected chi connectivity index (χ3v) is 6.33. The highest BCUT2D eigenvalue weighted by Crippen LogP contribution is 2.42. The molecule has 0 radical (unpaired) electrons. The van der Waals surface area contributed by atoms with Crippen LogP contribution in [0.25, 0.3) is 0 Å². The van der Waals surface area contributed by atoms with Crippen molar-refractivity contribution in [3.8, 4) is 5.75 Å². The van der Waals surface area contributed by atoms with Crippen molar-refractivity contribution in [1.82, 2.24) is 0 Å². The lowest BCUT2D eigenvalue weighted by Crippen LogP contribution is -2.47. The van der Waals surface area contributed by atoms with Gasteiger partial charge in [0.2, 0.25) is 5.91 Å². The fraction of sp³-hybridized carbons (Fsp3) is 0.250. The predicted molar refractivity (Wildman–Crippen MR) is 134 cm³/mol. The van der Waals surface area contributed by atoms with Gasteiger partial charge in [0.15, 0.2) is 0 Å². The summed E-state index contributed by atoms with van der Waals surface area (Å²) in [7, 11) is 2.92. The molecule has 7 heteroatoms. The number of methoxy groups -OCH3 is 2. The Labute approximate surface area is 204 Å². The van der Waals surface area contributed by atoms with Crippen LogP contribution < -0.4 is 14.5 Å². The third-order valence-electron chi connectivity index (χ3n) is 6.33. The van der Waals surface area contributed by atoms with Gasteiger partial charge in [0, 0.05) is 29.9 Å². The monoisotopic (exact) mass is 472 g/mol. The fourth-order valence-electron chi connectivity index (χ4n) is 4.67. The van der Waals surface area contributed by atoms with Gasteiger partial charge >= 0.3 is 5.97 Å². The average Bonchev–Trinajstić information content (AvgIpc) is 2.88. The Bertz CT molecular complexity index is 1240. The van der Waals surface area contributed by atoms with Gasteiger partial charge in [-0.25, -0.2) is 4.79 Å². The van der Waals surface area contributed by atoms with E-state index in [0.29, 0.717) is 29.0 Å². The standard InChI is InChI=1S/C28H28N2O5/c1-18-17-26(30(19(2)31)22-13-9-21(10-14-22)28(33)35-4)24-7-5-6-8-25(24)29(18)27(32)20-11-15-23(34-3)16-12-20/h5-16,18,26H,17H2,1-4H3/t18-,26+/m0/s1. The SMILES string of the molecule is COC(=O)c1ccc(N(C(C)=O)[C@@H]2C[C@H](C)N(C(=O)c3ccc(OC)cc3)c3ccccc32)cc1. The van der Waals surface area contributed by atoms with Crippen LogP contribution >= 0.6 is 0 Å². The summed E-state index contributed by atoms with van der Waals surface area (Å²) in [4.78, 5) is 41.8. The molecule has 1 heterocycles. The fourth-order valence-corrected chi connectivity index (χ4v) is 4.67. The molecule has 7 nitrogen and oxygen atoms in total. The van der Waals surface area contributed by atoms with Crippen LogP contribution in [-0.4, -0.2) is 38.0 Å². The van der Waals surface area contributed by atoms with Gasteiger partial charge in [0.05, 0.1) is 25.8 Å². The van der Waals surface area contributed by atoms with E-state index in [1.807, 2.05) is 31.2 Å². The summed E-state index contributed by atoms with van der Waals surface area (Å²) in [5.41, 5.74) is 3.31. The molecule has 0 saturated carbocycles. The number of esters is 1. The highest BCUT2D eigenvalue weighted by Gasteiger charge is 2.38. The van der Waals surface area contributed by atoms with Gasteiger partial charge in [-0.2, -0.15) is 0 Å². The van der Waals surface area contributed by atoms with Gasteiger partial charge < -0.3 is 19.3 Å². The molecule has 35 heavy (non-hydrogen) atoms. The van der Waals surface area contributed by atoms with Crippen LogP contribution in [0.4, 0.5) is 11.4 Å². The first-order chi connectivity index (χ1) is 16.8. The summed E-state index contributed by atoms with van der Waals surface area (Å²) in [5.74, 6) is 0.0138. The van der Waals surface area contributed by atoms with Crippen molar-refractivity contribution < 1.29 is 23.9 Å². The number of fused-ring (bicyclic) bond motifs is 1. The molecular weight excluding hydrogens is 444 g/mol. The van der Waals surface area contributed by atoms with Gasteiger partial charge in [0.1, 0.15) is 5.75 Å². The van der Waals surface area contributed by atoms with Crippen molar-refractivity contribution in [3.05, 3.63) is 89.5 Å². The first-order valence-electron chi connectivity index (χ1n) is 11.4. The van der Waals surface area contributed by atoms with Gasteiger partial charge in [-0.05, 0) is 73.5 Å². The molecule has 1 aliphatic rings. The number of ether oxygens (including phenoxy) is 2. The lowest BCUT2D eigenvalue weighted by molar-refractivity contribution is -0.117. The predicted octanol–water partition coefficient (Wildman–Crippen LogP) is 5.02. The highest BCUT2D eigenvalue weighted by atomic mass is 16.5. The number of carbonyl (C=O) groups is 3. The Kier molecular flexibility index (Phi) is 6.87. The molecule has 3 aromatic rings. The Balaban J connectivity index is 1.72. The van der Waals surface area contributed by atoms with Crippen LogP contribution in [0, 0.1) is 0 Å². The number of para-hydroxylation sites is 1. The maximum absolute atomic E-state index is 13.5. The van der Waals surface area contributed by atoms with E-state index in [-0.39, 0.29) is 23.9 Å². The van der Waals surface area contributed by atoms with Crippen molar-refractivity contribution in [2.45, 2.75) is 32.4 Å². The minimum Gasteiger partial charge on any atom is -0.497 e. The van der Waals surface area contributed by atoms with Crippen LogP contribution in [0.3, 0.4) is 0 Å². The van der Waals surface area contributed by atoms with Crippen molar-refractivity contribution in [3.63, 3.8) is 0 Å². The topological polar surface area (TPSA) is 76.2 Å². The van der Waals surface area contributed by atoms with E-state index in [0.717, 1.165) is 11.3 Å². The summed E-state index contributed by atoms with van der Waals surface area (Å²) in [5, 5.41) is 0. The average molecular weight is 473 g/mol. The zero-order chi connectivity index (χ0) is 25.1. The Hall–Kier alpha value is -4.13. The Morgan fingerprint density at radius 1 is 0.886 bits per heavy atom. The van der Waals surface area contributed by atoms with Crippen LogP contribution in [0.15, 0.2) is 72.8 Å². The number of hydrogen-bond acceptors (Lipinski definition) is 5. The summed E-state index contributed by atoms with van der Waals surface area (Å²) in [6.07, 6.45) is 0.553. The number of hydrogen-bond donors (Lipinski definition) is 0. The summed E-state index contributed by atoms with van der Waals surface area (Å²) in [6, 6.07) is 21.1. The molecule has 3 aromatic carbocycles. The van der Waals surface area contributed by atoms with E-state index in [4.69, 9.17) is 9.47 Å². The molecule has 2 amide bonds. The minimum absolute atomic E-state index is 0.108. The van der Waals surface area contributed by atoms with Gasteiger partial charge in [-0.1, -0.05) is 18.2 Å². The van der Waals surface area contributed by atoms with E-state index in [1.165, 1.54) is 14.0 Å². The Morgan fingerprint density at radius 2 is 1.51 bits per heavy atom. The summed E-state index contributed by atoms with van der Waals surface area (Å²) >= 11 is 0. The largest absolute Gasteiger partial charge is 0.497 e. The molecule has 1 aliphatic heterocycles. The number of carbonyl (C=O) groups excluding carboxylic acids is 3. The number of rotatable bonds is 5. The number of benzene rings is 3. The zero-order valence-electron chi connectivity index (χ0n) is 20.2. The van der Waals surface area contributed by atoms with E-state index in [2.05, 4.69) is 0 Å². The van der Waals surface area contributed by atoms with Crippen molar-refractivity contribution in [2.75, 3.05) is 24.0 Å². The van der Waals surface area contributed by atoms with Crippen LogP contribution in [0.2, 0.25) is 0 Å². The van der Waals surface area contributed by atoms with Crippen molar-refractivity contribution in [2.24, 2.45) is 0 Å². The maximum atomic E-state index is 13.5. The van der Waals surface area contributed by atoms with E-state index >= 15 is 0 Å². The van der Waals surface area contributed by atoms with Crippen LogP contribution in [0.1, 0.15) is 52.6 Å². The second-order valence-electron chi connectivity index (χ2n) is 8.49. The van der Waals surface area contributed by atoms with Crippen LogP contribution in [0.5, 0.6) is 5.75 Å². The zero-order valence-corrected chi connectivity index (χ0v) is 20.2. The van der Waals surface area contributed by atoms with Gasteiger partial charge in [-0.3, -0.25) is 9.59 Å². The molecule has 0 saturated heterocycles. The third kappa shape index (κ3) is 4.62. The maximum Gasteiger partial charge on any atom is 0.337 e. The smallest absolute Gasteiger partial charge is 0.337 e. The molecule has 0 aliphatic carbocycles. The number of anilines is 2. The lowest BCUT2D eigenvalue weighted by atomic mass is 9.89. The summed E-state index contributed by atoms with van der Waals surface area (Å²) in [6.45, 7) is 3.51. The van der Waals surface area contributed by atoms with E-state index < -0.39 is 5.97 Å². The molecule has 0 N–H and O–H groups in total. The van der Waals surface area contributed by atoms with E-state index in [9.17, 15) is 14.4 Å². The van der Waals surface area contributed by atoms with E-state index in [1.54, 1.807) is 65.4 Å². The second kappa shape index (κ2) is 10.0. The number of nitrogens with zero attached hydrogens (tertiary/aromatic N) is 2. The summed E-state index contributed by atoms with van der Waals surface area (Å²) < 4.78 is 10.00. The molecule has 0 bridgehead atoms. The quantitative estimate of drug-likeness (QED) is 0.488. The molecule has 0 spiro atoms. The lowest BCUT2D eigenvalue weighted by Gasteiger charge is -2.43. The molecule has 4 rings (SSSR count). The molecule has 0 aromatic heterocycles. The molecular formula is C28H28N2O5. The first-order valence-corrected chi connectivity index (χ1v) is 11.4. The minimum atomic E-state index is -0.435. The van der Waals surface area contributed by atoms with Crippen molar-refractivity contribution >= 4 is 29.2 Å². The second-order valence-corrected chi connectivity index (χ2v) is 8.49. The first kappa shape index (κ1) is 24.0. The normalized spacial score (nSPS) is 16.7. The van der Waals surface area contributed by atoms with Crippen LogP contribution in [-0.2, 0) is 9.53 Å². The van der Waals surface area contributed by atoms with Gasteiger partial charge in [-0.15, -0.1) is 0 Å².